The molecule has 1 saturated heterocycles. The highest BCUT2D eigenvalue weighted by molar-refractivity contribution is 5.96. The first-order valence-electron chi connectivity index (χ1n) is 11.9. The minimum absolute atomic E-state index is 0.0574. The molecule has 1 fully saturated rings. The predicted octanol–water partition coefficient (Wildman–Crippen LogP) is 5.21. The minimum atomic E-state index is -2.80. The molecular formula is C26H30F3N3O4. The summed E-state index contributed by atoms with van der Waals surface area (Å²) in [6.07, 6.45) is -1.21. The van der Waals surface area contributed by atoms with Crippen LogP contribution in [0.15, 0.2) is 30.3 Å². The molecule has 0 aliphatic carbocycles. The first-order chi connectivity index (χ1) is 16.8. The van der Waals surface area contributed by atoms with Crippen molar-refractivity contribution in [1.82, 2.24) is 9.88 Å². The number of anilines is 1. The molecule has 0 spiro atoms. The van der Waals surface area contributed by atoms with Gasteiger partial charge in [0.05, 0.1) is 6.04 Å². The summed E-state index contributed by atoms with van der Waals surface area (Å²) in [5.74, 6) is -3.60. The summed E-state index contributed by atoms with van der Waals surface area (Å²) in [5.41, 5.74) is 0.857. The van der Waals surface area contributed by atoms with Crippen LogP contribution in [0.4, 0.5) is 23.7 Å². The van der Waals surface area contributed by atoms with Crippen molar-refractivity contribution < 1.29 is 32.2 Å². The Morgan fingerprint density at radius 2 is 1.81 bits per heavy atom. The van der Waals surface area contributed by atoms with E-state index in [1.807, 2.05) is 0 Å². The average Bonchev–Trinajstić information content (AvgIpc) is 2.78. The number of carbonyl (C=O) groups is 2. The maximum Gasteiger partial charge on any atom is 0.415 e. The lowest BCUT2D eigenvalue weighted by Gasteiger charge is -2.36. The standard InChI is InChI=1S/C26H30F3N3O4/c1-16-15-35-22-20(32(16)24(34)36-25(2,3)4)14-18(13-17-5-7-19(27)8-6-17)21(30-22)23(33)31-11-9-26(28,29)10-12-31/h5-8,14,16H,9-13,15H2,1-4H3/t16-/m0/s1. The summed E-state index contributed by atoms with van der Waals surface area (Å²) in [5, 5.41) is 0. The SMILES string of the molecule is C[C@H]1COc2nc(C(=O)N3CCC(F)(F)CC3)c(Cc3ccc(F)cc3)cc2N1C(=O)OC(C)(C)C. The fourth-order valence-electron chi connectivity index (χ4n) is 4.23. The predicted molar refractivity (Wildman–Crippen MR) is 127 cm³/mol. The number of alkyl halides is 2. The average molecular weight is 506 g/mol. The van der Waals surface area contributed by atoms with E-state index in [2.05, 4.69) is 4.98 Å². The topological polar surface area (TPSA) is 72.0 Å². The molecule has 4 rings (SSSR count). The molecular weight excluding hydrogens is 475 g/mol. The van der Waals surface area contributed by atoms with Gasteiger partial charge in [-0.25, -0.2) is 22.9 Å². The molecule has 1 atom stereocenters. The third kappa shape index (κ3) is 5.74. The number of pyridine rings is 1. The molecule has 0 saturated carbocycles. The quantitative estimate of drug-likeness (QED) is 0.573. The summed E-state index contributed by atoms with van der Waals surface area (Å²) in [7, 11) is 0. The molecule has 2 aliphatic rings. The van der Waals surface area contributed by atoms with Crippen LogP contribution in [0.3, 0.4) is 0 Å². The Kier molecular flexibility index (Phi) is 6.90. The number of hydrogen-bond donors (Lipinski definition) is 0. The number of amides is 2. The van der Waals surface area contributed by atoms with E-state index in [4.69, 9.17) is 9.47 Å². The van der Waals surface area contributed by atoms with Gasteiger partial charge in [0, 0.05) is 25.9 Å². The maximum atomic E-state index is 13.7. The molecule has 0 unspecified atom stereocenters. The second-order valence-corrected chi connectivity index (χ2v) is 10.3. The van der Waals surface area contributed by atoms with Gasteiger partial charge in [0.1, 0.15) is 29.4 Å². The van der Waals surface area contributed by atoms with Crippen molar-refractivity contribution in [3.8, 4) is 5.88 Å². The largest absolute Gasteiger partial charge is 0.474 e. The number of piperidine rings is 1. The van der Waals surface area contributed by atoms with E-state index >= 15 is 0 Å². The zero-order valence-corrected chi connectivity index (χ0v) is 20.8. The molecule has 10 heteroatoms. The molecule has 0 bridgehead atoms. The smallest absolute Gasteiger partial charge is 0.415 e. The lowest BCUT2D eigenvalue weighted by Crippen LogP contribution is -2.48. The van der Waals surface area contributed by atoms with Crippen molar-refractivity contribution in [2.75, 3.05) is 24.6 Å². The first kappa shape index (κ1) is 25.8. The van der Waals surface area contributed by atoms with Crippen LogP contribution < -0.4 is 9.64 Å². The molecule has 1 aromatic heterocycles. The normalized spacial score (nSPS) is 19.4. The third-order valence-electron chi connectivity index (χ3n) is 6.09. The molecule has 7 nitrogen and oxygen atoms in total. The van der Waals surface area contributed by atoms with Gasteiger partial charge in [0.25, 0.3) is 11.8 Å². The molecule has 2 aliphatic heterocycles. The Balaban J connectivity index is 1.75. The van der Waals surface area contributed by atoms with Crippen LogP contribution in [0, 0.1) is 5.82 Å². The number of ether oxygens (including phenoxy) is 2. The minimum Gasteiger partial charge on any atom is -0.474 e. The van der Waals surface area contributed by atoms with Crippen LogP contribution >= 0.6 is 0 Å². The second-order valence-electron chi connectivity index (χ2n) is 10.3. The van der Waals surface area contributed by atoms with Crippen LogP contribution in [0.2, 0.25) is 0 Å². The van der Waals surface area contributed by atoms with E-state index < -0.39 is 42.2 Å². The molecule has 0 radical (unpaired) electrons. The number of rotatable bonds is 3. The van der Waals surface area contributed by atoms with Crippen molar-refractivity contribution >= 4 is 17.7 Å². The van der Waals surface area contributed by atoms with E-state index in [1.54, 1.807) is 45.9 Å². The van der Waals surface area contributed by atoms with E-state index in [1.165, 1.54) is 21.9 Å². The van der Waals surface area contributed by atoms with E-state index in [-0.39, 0.29) is 43.7 Å². The highest BCUT2D eigenvalue weighted by Crippen LogP contribution is 2.37. The van der Waals surface area contributed by atoms with Crippen LogP contribution in [-0.4, -0.2) is 59.1 Å². The van der Waals surface area contributed by atoms with Crippen LogP contribution in [0.1, 0.15) is 62.2 Å². The summed E-state index contributed by atoms with van der Waals surface area (Å²) in [6.45, 7) is 7.04. The van der Waals surface area contributed by atoms with Crippen LogP contribution in [-0.2, 0) is 11.2 Å². The monoisotopic (exact) mass is 505 g/mol. The zero-order valence-electron chi connectivity index (χ0n) is 20.8. The van der Waals surface area contributed by atoms with Gasteiger partial charge >= 0.3 is 6.09 Å². The highest BCUT2D eigenvalue weighted by atomic mass is 19.3. The number of nitrogens with zero attached hydrogens (tertiary/aromatic N) is 3. The van der Waals surface area contributed by atoms with Gasteiger partial charge < -0.3 is 14.4 Å². The van der Waals surface area contributed by atoms with E-state index in [9.17, 15) is 22.8 Å². The molecule has 36 heavy (non-hydrogen) atoms. The lowest BCUT2D eigenvalue weighted by molar-refractivity contribution is -0.0495. The van der Waals surface area contributed by atoms with Gasteiger partial charge in [-0.3, -0.25) is 9.69 Å². The number of aromatic nitrogens is 1. The van der Waals surface area contributed by atoms with Gasteiger partial charge in [-0.15, -0.1) is 0 Å². The molecule has 3 heterocycles. The van der Waals surface area contributed by atoms with Crippen molar-refractivity contribution in [1.29, 1.82) is 0 Å². The number of fused-ring (bicyclic) bond motifs is 1. The Morgan fingerprint density at radius 3 is 2.42 bits per heavy atom. The number of carbonyl (C=O) groups excluding carboxylic acids is 2. The summed E-state index contributed by atoms with van der Waals surface area (Å²) < 4.78 is 52.2. The summed E-state index contributed by atoms with van der Waals surface area (Å²) in [6, 6.07) is 7.10. The highest BCUT2D eigenvalue weighted by Gasteiger charge is 2.38. The lowest BCUT2D eigenvalue weighted by atomic mass is 10.00. The van der Waals surface area contributed by atoms with Crippen molar-refractivity contribution in [3.63, 3.8) is 0 Å². The fourth-order valence-corrected chi connectivity index (χ4v) is 4.23. The number of likely N-dealkylation sites (tertiary alicyclic amines) is 1. The van der Waals surface area contributed by atoms with Crippen molar-refractivity contribution in [3.05, 3.63) is 53.0 Å². The number of halogens is 3. The van der Waals surface area contributed by atoms with Crippen molar-refractivity contribution in [2.24, 2.45) is 0 Å². The molecule has 1 aromatic carbocycles. The van der Waals surface area contributed by atoms with Crippen LogP contribution in [0.25, 0.3) is 0 Å². The Bertz CT molecular complexity index is 1140. The third-order valence-corrected chi connectivity index (χ3v) is 6.09. The van der Waals surface area contributed by atoms with E-state index in [0.717, 1.165) is 0 Å². The molecule has 2 amide bonds. The van der Waals surface area contributed by atoms with Crippen molar-refractivity contribution in [2.45, 2.75) is 64.5 Å². The zero-order chi connectivity index (χ0) is 26.3. The van der Waals surface area contributed by atoms with E-state index in [0.29, 0.717) is 16.8 Å². The maximum absolute atomic E-state index is 13.7. The first-order valence-corrected chi connectivity index (χ1v) is 11.9. The van der Waals surface area contributed by atoms with Gasteiger partial charge in [-0.05, 0) is 63.4 Å². The number of hydrogen-bond acceptors (Lipinski definition) is 5. The summed E-state index contributed by atoms with van der Waals surface area (Å²) in [4.78, 5) is 33.8. The second kappa shape index (κ2) is 9.63. The number of benzene rings is 1. The van der Waals surface area contributed by atoms with Gasteiger partial charge in [-0.2, -0.15) is 0 Å². The van der Waals surface area contributed by atoms with Gasteiger partial charge in [-0.1, -0.05) is 12.1 Å². The van der Waals surface area contributed by atoms with Gasteiger partial charge in [0.2, 0.25) is 5.88 Å². The Hall–Kier alpha value is -3.30. The molecule has 0 N–H and O–H groups in total. The molecule has 2 aromatic rings. The van der Waals surface area contributed by atoms with Crippen LogP contribution in [0.5, 0.6) is 5.88 Å². The Labute approximate surface area is 208 Å². The fraction of sp³-hybridized carbons (Fsp3) is 0.500. The van der Waals surface area contributed by atoms with Gasteiger partial charge in [0.15, 0.2) is 0 Å². The summed E-state index contributed by atoms with van der Waals surface area (Å²) >= 11 is 0. The molecule has 194 valence electrons. The Morgan fingerprint density at radius 1 is 1.17 bits per heavy atom.